The van der Waals surface area contributed by atoms with Gasteiger partial charge in [-0.1, -0.05) is 60.7 Å². The van der Waals surface area contributed by atoms with E-state index in [1.807, 2.05) is 60.7 Å². The SMILES string of the molecule is O=C(N[C@H]1CCCN1C(=O)/C=C\c1ccccc1)N[C@@H]1CCCN1C(=O)/C=C/c1ccccc1. The fourth-order valence-corrected chi connectivity index (χ4v) is 4.36. The number of rotatable bonds is 6. The van der Waals surface area contributed by atoms with E-state index in [-0.39, 0.29) is 30.2 Å². The molecule has 176 valence electrons. The molecule has 2 atom stereocenters. The van der Waals surface area contributed by atoms with E-state index in [4.69, 9.17) is 0 Å². The summed E-state index contributed by atoms with van der Waals surface area (Å²) < 4.78 is 0. The molecule has 2 aliphatic heterocycles. The normalized spacial score (nSPS) is 20.2. The largest absolute Gasteiger partial charge is 0.319 e. The summed E-state index contributed by atoms with van der Waals surface area (Å²) in [5.41, 5.74) is 1.90. The fourth-order valence-electron chi connectivity index (χ4n) is 4.36. The van der Waals surface area contributed by atoms with Crippen LogP contribution in [0.15, 0.2) is 72.8 Å². The van der Waals surface area contributed by atoms with E-state index in [9.17, 15) is 14.4 Å². The minimum absolute atomic E-state index is 0.129. The number of amides is 4. The summed E-state index contributed by atoms with van der Waals surface area (Å²) >= 11 is 0. The first-order valence-electron chi connectivity index (χ1n) is 11.7. The topological polar surface area (TPSA) is 81.8 Å². The Morgan fingerprint density at radius 1 is 0.676 bits per heavy atom. The van der Waals surface area contributed by atoms with Crippen molar-refractivity contribution in [2.45, 2.75) is 38.0 Å². The molecule has 4 rings (SSSR count). The maximum atomic E-state index is 12.7. The Kier molecular flexibility index (Phi) is 7.75. The predicted octanol–water partition coefficient (Wildman–Crippen LogP) is 3.61. The predicted molar refractivity (Wildman–Crippen MR) is 132 cm³/mol. The van der Waals surface area contributed by atoms with Gasteiger partial charge in [0, 0.05) is 25.2 Å². The van der Waals surface area contributed by atoms with Crippen LogP contribution in [0.25, 0.3) is 12.2 Å². The Labute approximate surface area is 200 Å². The number of urea groups is 1. The van der Waals surface area contributed by atoms with E-state index in [0.29, 0.717) is 25.9 Å². The summed E-state index contributed by atoms with van der Waals surface area (Å²) in [7, 11) is 0. The molecule has 2 fully saturated rings. The number of hydrogen-bond acceptors (Lipinski definition) is 3. The number of nitrogens with one attached hydrogen (secondary N) is 2. The van der Waals surface area contributed by atoms with Crippen LogP contribution >= 0.6 is 0 Å². The van der Waals surface area contributed by atoms with Gasteiger partial charge in [-0.2, -0.15) is 0 Å². The highest BCUT2D eigenvalue weighted by Crippen LogP contribution is 2.18. The second kappa shape index (κ2) is 11.3. The van der Waals surface area contributed by atoms with Gasteiger partial charge in [-0.05, 0) is 49.0 Å². The third-order valence-electron chi connectivity index (χ3n) is 6.10. The third kappa shape index (κ3) is 6.13. The smallest absolute Gasteiger partial charge is 0.318 e. The molecule has 0 saturated carbocycles. The molecule has 0 radical (unpaired) electrons. The van der Waals surface area contributed by atoms with Crippen molar-refractivity contribution in [3.63, 3.8) is 0 Å². The molecule has 4 amide bonds. The summed E-state index contributed by atoms with van der Waals surface area (Å²) in [6.45, 7) is 1.20. The lowest BCUT2D eigenvalue weighted by Crippen LogP contribution is -2.54. The second-order valence-electron chi connectivity index (χ2n) is 8.49. The summed E-state index contributed by atoms with van der Waals surface area (Å²) in [5.74, 6) is -0.259. The zero-order valence-corrected chi connectivity index (χ0v) is 19.1. The van der Waals surface area contributed by atoms with E-state index in [2.05, 4.69) is 10.6 Å². The van der Waals surface area contributed by atoms with Crippen LogP contribution < -0.4 is 10.6 Å². The average Bonchev–Trinajstić information content (AvgIpc) is 3.52. The lowest BCUT2D eigenvalue weighted by Gasteiger charge is -2.28. The first-order chi connectivity index (χ1) is 16.6. The molecule has 2 aromatic rings. The summed E-state index contributed by atoms with van der Waals surface area (Å²) in [5, 5.41) is 5.83. The van der Waals surface area contributed by atoms with Gasteiger partial charge in [-0.15, -0.1) is 0 Å². The Hall–Kier alpha value is -3.87. The van der Waals surface area contributed by atoms with Gasteiger partial charge in [0.15, 0.2) is 0 Å². The van der Waals surface area contributed by atoms with Crippen molar-refractivity contribution in [1.29, 1.82) is 0 Å². The van der Waals surface area contributed by atoms with Crippen LogP contribution in [0, 0.1) is 0 Å². The van der Waals surface area contributed by atoms with E-state index in [0.717, 1.165) is 24.0 Å². The molecule has 0 spiro atoms. The highest BCUT2D eigenvalue weighted by Gasteiger charge is 2.32. The average molecular weight is 459 g/mol. The molecule has 2 N–H and O–H groups in total. The van der Waals surface area contributed by atoms with Crippen LogP contribution in [-0.4, -0.2) is 53.1 Å². The van der Waals surface area contributed by atoms with Crippen molar-refractivity contribution in [2.24, 2.45) is 0 Å². The molecule has 2 aliphatic rings. The molecule has 2 heterocycles. The highest BCUT2D eigenvalue weighted by atomic mass is 16.2. The van der Waals surface area contributed by atoms with Crippen molar-refractivity contribution >= 4 is 30.0 Å². The number of benzene rings is 2. The van der Waals surface area contributed by atoms with Gasteiger partial charge in [0.05, 0.1) is 0 Å². The molecule has 2 aromatic carbocycles. The number of carbonyl (C=O) groups excluding carboxylic acids is 3. The van der Waals surface area contributed by atoms with Crippen LogP contribution in [0.1, 0.15) is 36.8 Å². The Bertz CT molecular complexity index is 969. The maximum Gasteiger partial charge on any atom is 0.318 e. The monoisotopic (exact) mass is 458 g/mol. The number of hydrogen-bond donors (Lipinski definition) is 2. The Morgan fingerprint density at radius 3 is 1.50 bits per heavy atom. The molecular weight excluding hydrogens is 428 g/mol. The molecule has 0 aliphatic carbocycles. The fraction of sp³-hybridized carbons (Fsp3) is 0.296. The van der Waals surface area contributed by atoms with Crippen molar-refractivity contribution in [3.05, 3.63) is 83.9 Å². The quantitative estimate of drug-likeness (QED) is 0.649. The zero-order chi connectivity index (χ0) is 23.8. The molecule has 34 heavy (non-hydrogen) atoms. The third-order valence-corrected chi connectivity index (χ3v) is 6.10. The maximum absolute atomic E-state index is 12.7. The minimum Gasteiger partial charge on any atom is -0.319 e. The van der Waals surface area contributed by atoms with E-state index in [1.54, 1.807) is 34.1 Å². The number of nitrogens with zero attached hydrogens (tertiary/aromatic N) is 2. The van der Waals surface area contributed by atoms with Crippen LogP contribution in [0.2, 0.25) is 0 Å². The van der Waals surface area contributed by atoms with Crippen LogP contribution in [0.4, 0.5) is 4.79 Å². The summed E-state index contributed by atoms with van der Waals surface area (Å²) in [6.07, 6.45) is 8.98. The van der Waals surface area contributed by atoms with Gasteiger partial charge in [0.1, 0.15) is 12.3 Å². The molecule has 0 unspecified atom stereocenters. The molecule has 7 nitrogen and oxygen atoms in total. The van der Waals surface area contributed by atoms with Crippen molar-refractivity contribution in [1.82, 2.24) is 20.4 Å². The minimum atomic E-state index is -0.367. The lowest BCUT2D eigenvalue weighted by atomic mass is 10.2. The van der Waals surface area contributed by atoms with Crippen LogP contribution in [-0.2, 0) is 9.59 Å². The first-order valence-corrected chi connectivity index (χ1v) is 11.7. The van der Waals surface area contributed by atoms with Crippen molar-refractivity contribution in [2.75, 3.05) is 13.1 Å². The molecule has 7 heteroatoms. The number of likely N-dealkylation sites (tertiary alicyclic amines) is 2. The van der Waals surface area contributed by atoms with Crippen molar-refractivity contribution < 1.29 is 14.4 Å². The van der Waals surface area contributed by atoms with Gasteiger partial charge in [-0.3, -0.25) is 9.59 Å². The summed E-state index contributed by atoms with van der Waals surface area (Å²) in [6, 6.07) is 18.9. The van der Waals surface area contributed by atoms with Gasteiger partial charge < -0.3 is 20.4 Å². The Morgan fingerprint density at radius 2 is 1.09 bits per heavy atom. The first kappa shape index (κ1) is 23.3. The second-order valence-corrected chi connectivity index (χ2v) is 8.49. The van der Waals surface area contributed by atoms with Gasteiger partial charge >= 0.3 is 6.03 Å². The van der Waals surface area contributed by atoms with E-state index < -0.39 is 0 Å². The highest BCUT2D eigenvalue weighted by molar-refractivity contribution is 5.93. The van der Waals surface area contributed by atoms with Crippen LogP contribution in [0.3, 0.4) is 0 Å². The van der Waals surface area contributed by atoms with E-state index in [1.165, 1.54) is 0 Å². The zero-order valence-electron chi connectivity index (χ0n) is 19.1. The molecular formula is C27H30N4O3. The lowest BCUT2D eigenvalue weighted by molar-refractivity contribution is -0.127. The molecule has 0 bridgehead atoms. The van der Waals surface area contributed by atoms with Gasteiger partial charge in [0.25, 0.3) is 0 Å². The van der Waals surface area contributed by atoms with Crippen LogP contribution in [0.5, 0.6) is 0 Å². The molecule has 0 aromatic heterocycles. The molecule has 2 saturated heterocycles. The standard InChI is InChI=1S/C27H30N4O3/c32-25(17-15-21-9-3-1-4-10-21)30-19-7-13-23(30)28-27(34)29-24-14-8-20-31(24)26(33)18-16-22-11-5-2-6-12-22/h1-6,9-12,15-18,23-24H,7-8,13-14,19-20H2,(H2,28,29,34)/b17-15-,18-16+/t23-,24+/m1/s1. The Balaban J connectivity index is 1.30. The van der Waals surface area contributed by atoms with Crippen molar-refractivity contribution in [3.8, 4) is 0 Å². The van der Waals surface area contributed by atoms with E-state index >= 15 is 0 Å². The van der Waals surface area contributed by atoms with Gasteiger partial charge in [0.2, 0.25) is 11.8 Å². The van der Waals surface area contributed by atoms with Gasteiger partial charge in [-0.25, -0.2) is 4.79 Å². The number of carbonyl (C=O) groups is 3. The summed E-state index contributed by atoms with van der Waals surface area (Å²) in [4.78, 5) is 41.5.